The lowest BCUT2D eigenvalue weighted by atomic mass is 10.0. The van der Waals surface area contributed by atoms with Gasteiger partial charge in [-0.25, -0.2) is 0 Å². The first-order valence-corrected chi connectivity index (χ1v) is 3.88. The van der Waals surface area contributed by atoms with Crippen molar-refractivity contribution in [2.24, 2.45) is 0 Å². The van der Waals surface area contributed by atoms with Gasteiger partial charge in [0, 0.05) is 13.0 Å². The SMILES string of the molecule is COC[C@@H](C)c1ccccc1. The summed E-state index contributed by atoms with van der Waals surface area (Å²) in [4.78, 5) is 0. The fraction of sp³-hybridized carbons (Fsp3) is 0.400. The molecule has 0 aromatic heterocycles. The van der Waals surface area contributed by atoms with E-state index in [0.29, 0.717) is 5.92 Å². The standard InChI is InChI=1S/C10H14O/c1-9(8-11-2)10-6-4-3-5-7-10/h3-7,9H,8H2,1-2H3/t9-/m1/s1. The highest BCUT2D eigenvalue weighted by Crippen LogP contribution is 2.13. The molecule has 1 heteroatoms. The summed E-state index contributed by atoms with van der Waals surface area (Å²) in [6.07, 6.45) is 0. The summed E-state index contributed by atoms with van der Waals surface area (Å²) in [5.41, 5.74) is 1.34. The Morgan fingerprint density at radius 3 is 2.45 bits per heavy atom. The molecular formula is C10H14O. The quantitative estimate of drug-likeness (QED) is 0.643. The molecule has 0 heterocycles. The molecule has 0 saturated heterocycles. The van der Waals surface area contributed by atoms with Crippen molar-refractivity contribution in [2.45, 2.75) is 12.8 Å². The van der Waals surface area contributed by atoms with E-state index in [9.17, 15) is 0 Å². The molecule has 1 rings (SSSR count). The zero-order valence-electron chi connectivity index (χ0n) is 7.08. The van der Waals surface area contributed by atoms with Gasteiger partial charge in [-0.15, -0.1) is 0 Å². The van der Waals surface area contributed by atoms with Crippen molar-refractivity contribution in [3.8, 4) is 0 Å². The van der Waals surface area contributed by atoms with E-state index in [-0.39, 0.29) is 0 Å². The van der Waals surface area contributed by atoms with Crippen LogP contribution in [0.1, 0.15) is 18.4 Å². The van der Waals surface area contributed by atoms with Crippen LogP contribution in [0.2, 0.25) is 0 Å². The minimum absolute atomic E-state index is 0.501. The second-order valence-electron chi connectivity index (χ2n) is 2.77. The van der Waals surface area contributed by atoms with Gasteiger partial charge in [0.2, 0.25) is 0 Å². The molecule has 0 N–H and O–H groups in total. The maximum Gasteiger partial charge on any atom is 0.0528 e. The first-order valence-electron chi connectivity index (χ1n) is 3.88. The molecule has 0 aliphatic rings. The van der Waals surface area contributed by atoms with Crippen molar-refractivity contribution in [3.05, 3.63) is 35.9 Å². The lowest BCUT2D eigenvalue weighted by Crippen LogP contribution is -2.00. The van der Waals surface area contributed by atoms with E-state index in [1.54, 1.807) is 7.11 Å². The van der Waals surface area contributed by atoms with Crippen LogP contribution < -0.4 is 0 Å². The van der Waals surface area contributed by atoms with Crippen molar-refractivity contribution in [1.82, 2.24) is 0 Å². The molecule has 60 valence electrons. The molecule has 0 aliphatic carbocycles. The Labute approximate surface area is 68.0 Å². The molecule has 11 heavy (non-hydrogen) atoms. The second-order valence-corrected chi connectivity index (χ2v) is 2.77. The third-order valence-electron chi connectivity index (χ3n) is 1.79. The summed E-state index contributed by atoms with van der Waals surface area (Å²) in [7, 11) is 1.74. The Kier molecular flexibility index (Phi) is 3.12. The van der Waals surface area contributed by atoms with E-state index in [1.165, 1.54) is 5.56 Å². The Morgan fingerprint density at radius 1 is 1.27 bits per heavy atom. The molecule has 1 atom stereocenters. The first kappa shape index (κ1) is 8.28. The molecule has 1 nitrogen and oxygen atoms in total. The smallest absolute Gasteiger partial charge is 0.0528 e. The van der Waals surface area contributed by atoms with Crippen LogP contribution in [-0.2, 0) is 4.74 Å². The number of methoxy groups -OCH3 is 1. The fourth-order valence-electron chi connectivity index (χ4n) is 1.13. The molecule has 0 spiro atoms. The second kappa shape index (κ2) is 4.14. The maximum atomic E-state index is 5.06. The number of ether oxygens (including phenoxy) is 1. The first-order chi connectivity index (χ1) is 5.34. The van der Waals surface area contributed by atoms with Crippen LogP contribution >= 0.6 is 0 Å². The van der Waals surface area contributed by atoms with Crippen molar-refractivity contribution in [2.75, 3.05) is 13.7 Å². The molecule has 1 aromatic rings. The number of rotatable bonds is 3. The zero-order chi connectivity index (χ0) is 8.10. The number of hydrogen-bond donors (Lipinski definition) is 0. The van der Waals surface area contributed by atoms with E-state index in [2.05, 4.69) is 31.2 Å². The normalized spacial score (nSPS) is 12.9. The summed E-state index contributed by atoms with van der Waals surface area (Å²) < 4.78 is 5.06. The Bertz CT molecular complexity index is 193. The highest BCUT2D eigenvalue weighted by molar-refractivity contribution is 5.18. The van der Waals surface area contributed by atoms with Crippen molar-refractivity contribution in [1.29, 1.82) is 0 Å². The van der Waals surface area contributed by atoms with Gasteiger partial charge < -0.3 is 4.74 Å². The van der Waals surface area contributed by atoms with Crippen molar-refractivity contribution < 1.29 is 4.74 Å². The topological polar surface area (TPSA) is 9.23 Å². The van der Waals surface area contributed by atoms with Gasteiger partial charge in [-0.1, -0.05) is 37.3 Å². The van der Waals surface area contributed by atoms with E-state index < -0.39 is 0 Å². The van der Waals surface area contributed by atoms with Gasteiger partial charge in [0.05, 0.1) is 6.61 Å². The average molecular weight is 150 g/mol. The minimum Gasteiger partial charge on any atom is -0.384 e. The van der Waals surface area contributed by atoms with Crippen LogP contribution in [0.3, 0.4) is 0 Å². The Balaban J connectivity index is 2.61. The van der Waals surface area contributed by atoms with Crippen LogP contribution in [0.25, 0.3) is 0 Å². The lowest BCUT2D eigenvalue weighted by Gasteiger charge is -2.09. The van der Waals surface area contributed by atoms with Crippen LogP contribution in [-0.4, -0.2) is 13.7 Å². The van der Waals surface area contributed by atoms with E-state index in [4.69, 9.17) is 4.74 Å². The molecule has 0 fully saturated rings. The minimum atomic E-state index is 0.501. The van der Waals surface area contributed by atoms with Gasteiger partial charge in [-0.3, -0.25) is 0 Å². The van der Waals surface area contributed by atoms with E-state index >= 15 is 0 Å². The summed E-state index contributed by atoms with van der Waals surface area (Å²) in [5.74, 6) is 0.501. The fourth-order valence-corrected chi connectivity index (χ4v) is 1.13. The third-order valence-corrected chi connectivity index (χ3v) is 1.79. The van der Waals surface area contributed by atoms with Crippen LogP contribution in [0.15, 0.2) is 30.3 Å². The lowest BCUT2D eigenvalue weighted by molar-refractivity contribution is 0.184. The predicted octanol–water partition coefficient (Wildman–Crippen LogP) is 2.44. The van der Waals surface area contributed by atoms with Gasteiger partial charge in [-0.2, -0.15) is 0 Å². The number of benzene rings is 1. The largest absolute Gasteiger partial charge is 0.384 e. The molecule has 1 aromatic carbocycles. The summed E-state index contributed by atoms with van der Waals surface area (Å²) in [6.45, 7) is 2.96. The Morgan fingerprint density at radius 2 is 1.91 bits per heavy atom. The van der Waals surface area contributed by atoms with Crippen LogP contribution in [0, 0.1) is 0 Å². The monoisotopic (exact) mass is 150 g/mol. The van der Waals surface area contributed by atoms with Crippen LogP contribution in [0.5, 0.6) is 0 Å². The summed E-state index contributed by atoms with van der Waals surface area (Å²) in [6, 6.07) is 10.4. The Hall–Kier alpha value is -0.820. The third kappa shape index (κ3) is 2.35. The molecule has 0 unspecified atom stereocenters. The zero-order valence-corrected chi connectivity index (χ0v) is 7.08. The van der Waals surface area contributed by atoms with E-state index in [1.807, 2.05) is 6.07 Å². The van der Waals surface area contributed by atoms with Gasteiger partial charge in [0.1, 0.15) is 0 Å². The van der Waals surface area contributed by atoms with Crippen molar-refractivity contribution >= 4 is 0 Å². The van der Waals surface area contributed by atoms with Crippen LogP contribution in [0.4, 0.5) is 0 Å². The highest BCUT2D eigenvalue weighted by atomic mass is 16.5. The summed E-state index contributed by atoms with van der Waals surface area (Å²) in [5, 5.41) is 0. The average Bonchev–Trinajstić information content (AvgIpc) is 2.07. The predicted molar refractivity (Wildman–Crippen MR) is 46.7 cm³/mol. The van der Waals surface area contributed by atoms with Gasteiger partial charge in [0.25, 0.3) is 0 Å². The molecule has 0 aliphatic heterocycles. The van der Waals surface area contributed by atoms with Crippen molar-refractivity contribution in [3.63, 3.8) is 0 Å². The summed E-state index contributed by atoms with van der Waals surface area (Å²) >= 11 is 0. The van der Waals surface area contributed by atoms with E-state index in [0.717, 1.165) is 6.61 Å². The molecule has 0 bridgehead atoms. The van der Waals surface area contributed by atoms with Gasteiger partial charge >= 0.3 is 0 Å². The van der Waals surface area contributed by atoms with Gasteiger partial charge in [-0.05, 0) is 5.56 Å². The van der Waals surface area contributed by atoms with Gasteiger partial charge in [0.15, 0.2) is 0 Å². The highest BCUT2D eigenvalue weighted by Gasteiger charge is 2.01. The number of hydrogen-bond acceptors (Lipinski definition) is 1. The maximum absolute atomic E-state index is 5.06. The molecule has 0 saturated carbocycles. The molecule has 0 amide bonds. The molecular weight excluding hydrogens is 136 g/mol. The molecule has 0 radical (unpaired) electrons.